The Morgan fingerprint density at radius 1 is 1.26 bits per heavy atom. The standard InChI is InChI=1S/C15H20N2O4S2/c1-20-12-4-3-10(7-13(12)21-2)5-6-17-11-8-23(18,19)9-14(11)22-15(17)16/h3-4,7,11,14,16H,5-6,8-9H2,1-2H3/t11-,14-/m0/s1. The summed E-state index contributed by atoms with van der Waals surface area (Å²) in [6.07, 6.45) is 0.729. The van der Waals surface area contributed by atoms with E-state index in [0.29, 0.717) is 23.2 Å². The second kappa shape index (κ2) is 6.24. The van der Waals surface area contributed by atoms with Crippen molar-refractivity contribution in [2.45, 2.75) is 17.7 Å². The number of ether oxygens (including phenoxy) is 2. The van der Waals surface area contributed by atoms with Crippen molar-refractivity contribution in [2.75, 3.05) is 32.3 Å². The fraction of sp³-hybridized carbons (Fsp3) is 0.533. The lowest BCUT2D eigenvalue weighted by Crippen LogP contribution is -2.38. The fourth-order valence-corrected chi connectivity index (χ4v) is 6.97. The lowest BCUT2D eigenvalue weighted by Gasteiger charge is -2.23. The third kappa shape index (κ3) is 3.28. The summed E-state index contributed by atoms with van der Waals surface area (Å²) in [6, 6.07) is 5.70. The van der Waals surface area contributed by atoms with Crippen molar-refractivity contribution < 1.29 is 17.9 Å². The van der Waals surface area contributed by atoms with Gasteiger partial charge in [-0.25, -0.2) is 8.42 Å². The number of hydrogen-bond donors (Lipinski definition) is 1. The van der Waals surface area contributed by atoms with Crippen LogP contribution in [0.1, 0.15) is 5.56 Å². The molecule has 0 radical (unpaired) electrons. The van der Waals surface area contributed by atoms with Crippen LogP contribution in [0, 0.1) is 5.41 Å². The van der Waals surface area contributed by atoms with Crippen LogP contribution < -0.4 is 9.47 Å². The molecule has 2 saturated heterocycles. The molecule has 2 atom stereocenters. The van der Waals surface area contributed by atoms with Gasteiger partial charge in [0.25, 0.3) is 0 Å². The number of benzene rings is 1. The maximum absolute atomic E-state index is 11.8. The van der Waals surface area contributed by atoms with Crippen LogP contribution >= 0.6 is 11.8 Å². The van der Waals surface area contributed by atoms with E-state index < -0.39 is 9.84 Å². The molecule has 126 valence electrons. The molecule has 8 heteroatoms. The lowest BCUT2D eigenvalue weighted by molar-refractivity contribution is 0.351. The van der Waals surface area contributed by atoms with Crippen LogP contribution in [-0.4, -0.2) is 62.0 Å². The Kier molecular flexibility index (Phi) is 4.46. The van der Waals surface area contributed by atoms with Crippen molar-refractivity contribution >= 4 is 26.8 Å². The molecule has 1 aromatic rings. The molecule has 0 saturated carbocycles. The summed E-state index contributed by atoms with van der Waals surface area (Å²) in [5.74, 6) is 1.72. The third-order valence-corrected chi connectivity index (χ3v) is 7.45. The SMILES string of the molecule is COc1ccc(CCN2C(=N)S[C@H]3CS(=O)(=O)C[C@@H]32)cc1OC. The number of thioether (sulfide) groups is 1. The summed E-state index contributed by atoms with van der Waals surface area (Å²) in [6.45, 7) is 0.637. The van der Waals surface area contributed by atoms with Gasteiger partial charge < -0.3 is 14.4 Å². The first-order valence-electron chi connectivity index (χ1n) is 7.36. The van der Waals surface area contributed by atoms with Crippen molar-refractivity contribution in [1.29, 1.82) is 5.41 Å². The molecule has 0 aliphatic carbocycles. The predicted molar refractivity (Wildman–Crippen MR) is 91.5 cm³/mol. The van der Waals surface area contributed by atoms with Gasteiger partial charge in [0.05, 0.1) is 31.8 Å². The summed E-state index contributed by atoms with van der Waals surface area (Å²) in [4.78, 5) is 1.93. The van der Waals surface area contributed by atoms with Crippen LogP contribution in [0.3, 0.4) is 0 Å². The van der Waals surface area contributed by atoms with E-state index in [9.17, 15) is 8.42 Å². The van der Waals surface area contributed by atoms with Crippen LogP contribution in [0.5, 0.6) is 11.5 Å². The van der Waals surface area contributed by atoms with E-state index in [4.69, 9.17) is 14.9 Å². The van der Waals surface area contributed by atoms with Gasteiger partial charge in [0.1, 0.15) is 0 Å². The second-order valence-electron chi connectivity index (χ2n) is 5.74. The number of sulfone groups is 1. The topological polar surface area (TPSA) is 79.7 Å². The van der Waals surface area contributed by atoms with Crippen LogP contribution in [0.15, 0.2) is 18.2 Å². The highest BCUT2D eigenvalue weighted by Crippen LogP contribution is 2.37. The molecule has 0 spiro atoms. The number of rotatable bonds is 5. The lowest BCUT2D eigenvalue weighted by atomic mass is 10.1. The molecule has 2 aliphatic heterocycles. The Morgan fingerprint density at radius 2 is 2.00 bits per heavy atom. The van der Waals surface area contributed by atoms with Crippen LogP contribution in [0.2, 0.25) is 0 Å². The molecule has 1 N–H and O–H groups in total. The van der Waals surface area contributed by atoms with E-state index in [1.54, 1.807) is 14.2 Å². The second-order valence-corrected chi connectivity index (χ2v) is 9.12. The molecule has 2 aliphatic rings. The molecule has 23 heavy (non-hydrogen) atoms. The summed E-state index contributed by atoms with van der Waals surface area (Å²) in [7, 11) is 0.238. The van der Waals surface area contributed by atoms with Crippen molar-refractivity contribution in [1.82, 2.24) is 4.90 Å². The van der Waals surface area contributed by atoms with E-state index in [2.05, 4.69) is 0 Å². The molecule has 0 amide bonds. The zero-order valence-electron chi connectivity index (χ0n) is 13.1. The smallest absolute Gasteiger partial charge is 0.160 e. The maximum atomic E-state index is 11.8. The molecular formula is C15H20N2O4S2. The molecule has 2 heterocycles. The average molecular weight is 356 g/mol. The first kappa shape index (κ1) is 16.4. The summed E-state index contributed by atoms with van der Waals surface area (Å²) in [5, 5.41) is 8.58. The van der Waals surface area contributed by atoms with E-state index >= 15 is 0 Å². The average Bonchev–Trinajstić information content (AvgIpc) is 2.95. The Hall–Kier alpha value is -1.41. The van der Waals surface area contributed by atoms with Gasteiger partial charge in [-0.15, -0.1) is 0 Å². The van der Waals surface area contributed by atoms with Crippen molar-refractivity contribution in [3.63, 3.8) is 0 Å². The number of amidine groups is 1. The summed E-state index contributed by atoms with van der Waals surface area (Å²) in [5.41, 5.74) is 1.07. The van der Waals surface area contributed by atoms with Crippen LogP contribution in [0.25, 0.3) is 0 Å². The minimum atomic E-state index is -2.96. The molecule has 6 nitrogen and oxygen atoms in total. The van der Waals surface area contributed by atoms with Gasteiger partial charge in [0, 0.05) is 11.8 Å². The number of fused-ring (bicyclic) bond motifs is 1. The summed E-state index contributed by atoms with van der Waals surface area (Å²) < 4.78 is 34.1. The number of nitrogens with one attached hydrogen (secondary N) is 1. The van der Waals surface area contributed by atoms with Crippen molar-refractivity contribution in [3.05, 3.63) is 23.8 Å². The van der Waals surface area contributed by atoms with Gasteiger partial charge >= 0.3 is 0 Å². The molecule has 0 aromatic heterocycles. The Morgan fingerprint density at radius 3 is 2.70 bits per heavy atom. The van der Waals surface area contributed by atoms with Crippen LogP contribution in [-0.2, 0) is 16.3 Å². The molecular weight excluding hydrogens is 336 g/mol. The van der Waals surface area contributed by atoms with E-state index in [0.717, 1.165) is 12.0 Å². The molecule has 0 bridgehead atoms. The first-order chi connectivity index (χ1) is 10.9. The van der Waals surface area contributed by atoms with Gasteiger partial charge in [0.2, 0.25) is 0 Å². The highest BCUT2D eigenvalue weighted by atomic mass is 32.2. The minimum Gasteiger partial charge on any atom is -0.493 e. The van der Waals surface area contributed by atoms with Gasteiger partial charge in [0.15, 0.2) is 26.5 Å². The Bertz CT molecular complexity index is 720. The van der Waals surface area contributed by atoms with Gasteiger partial charge in [-0.05, 0) is 24.1 Å². The van der Waals surface area contributed by atoms with Crippen molar-refractivity contribution in [3.8, 4) is 11.5 Å². The van der Waals surface area contributed by atoms with E-state index in [-0.39, 0.29) is 22.8 Å². The highest BCUT2D eigenvalue weighted by Gasteiger charge is 2.47. The highest BCUT2D eigenvalue weighted by molar-refractivity contribution is 8.15. The summed E-state index contributed by atoms with van der Waals surface area (Å²) >= 11 is 1.38. The molecule has 2 fully saturated rings. The quantitative estimate of drug-likeness (QED) is 0.859. The van der Waals surface area contributed by atoms with Gasteiger partial charge in [-0.2, -0.15) is 0 Å². The minimum absolute atomic E-state index is 0.0119. The zero-order valence-corrected chi connectivity index (χ0v) is 14.7. The van der Waals surface area contributed by atoms with Crippen molar-refractivity contribution in [2.24, 2.45) is 0 Å². The normalized spacial score (nSPS) is 25.5. The number of hydrogen-bond acceptors (Lipinski definition) is 6. The predicted octanol–water partition coefficient (Wildman–Crippen LogP) is 1.40. The third-order valence-electron chi connectivity index (χ3n) is 4.29. The maximum Gasteiger partial charge on any atom is 0.160 e. The number of nitrogens with zero attached hydrogens (tertiary/aromatic N) is 1. The largest absolute Gasteiger partial charge is 0.493 e. The number of methoxy groups -OCH3 is 2. The monoisotopic (exact) mass is 356 g/mol. The first-order valence-corrected chi connectivity index (χ1v) is 10.1. The molecule has 1 aromatic carbocycles. The molecule has 0 unspecified atom stereocenters. The molecule has 3 rings (SSSR count). The Balaban J connectivity index is 1.69. The Labute approximate surface area is 140 Å². The van der Waals surface area contributed by atoms with Gasteiger partial charge in [-0.3, -0.25) is 5.41 Å². The zero-order chi connectivity index (χ0) is 16.6. The fourth-order valence-electron chi connectivity index (χ4n) is 3.11. The van der Waals surface area contributed by atoms with Gasteiger partial charge in [-0.1, -0.05) is 17.8 Å². The van der Waals surface area contributed by atoms with E-state index in [1.807, 2.05) is 23.1 Å². The van der Waals surface area contributed by atoms with Crippen LogP contribution in [0.4, 0.5) is 0 Å². The van der Waals surface area contributed by atoms with E-state index in [1.165, 1.54) is 11.8 Å².